The predicted octanol–water partition coefficient (Wildman–Crippen LogP) is -2.39. The van der Waals surface area contributed by atoms with Crippen LogP contribution in [0.4, 0.5) is 0 Å². The third-order valence-corrected chi connectivity index (χ3v) is 2.74. The summed E-state index contributed by atoms with van der Waals surface area (Å²) < 4.78 is 0. The Balaban J connectivity index is 0. The maximum absolute atomic E-state index is 11.5. The predicted molar refractivity (Wildman–Crippen MR) is 76.5 cm³/mol. The zero-order valence-electron chi connectivity index (χ0n) is 13.0. The minimum atomic E-state index is -0.963. The molecule has 0 spiro atoms. The number of hydrogen-bond donors (Lipinski definition) is 2. The van der Waals surface area contributed by atoms with Crippen LogP contribution in [0, 0.1) is 0 Å². The Labute approximate surface area is 148 Å². The Morgan fingerprint density at radius 2 is 2.00 bits per heavy atom. The van der Waals surface area contributed by atoms with Gasteiger partial charge in [-0.3, -0.25) is 14.7 Å². The van der Waals surface area contributed by atoms with Gasteiger partial charge in [0.2, 0.25) is 0 Å². The summed E-state index contributed by atoms with van der Waals surface area (Å²) in [4.78, 5) is 16.1. The van der Waals surface area contributed by atoms with E-state index in [9.17, 15) is 9.90 Å². The molecule has 0 aliphatic carbocycles. The van der Waals surface area contributed by atoms with Gasteiger partial charge >= 0.3 is 35.5 Å². The van der Waals surface area contributed by atoms with Crippen LogP contribution in [-0.2, 0) is 4.79 Å². The average Bonchev–Trinajstić information content (AvgIpc) is 2.41. The number of rotatable bonds is 13. The molecule has 0 aromatic rings. The molecule has 0 bridgehead atoms. The second kappa shape index (κ2) is 16.0. The number of aliphatic carboxylic acids is 1. The van der Waals surface area contributed by atoms with E-state index in [2.05, 4.69) is 11.6 Å². The van der Waals surface area contributed by atoms with E-state index >= 15 is 0 Å². The summed E-state index contributed by atoms with van der Waals surface area (Å²) in [5, 5.41) is 29.0. The summed E-state index contributed by atoms with van der Waals surface area (Å²) in [6, 6.07) is 0. The first-order chi connectivity index (χ1) is 9.60. The van der Waals surface area contributed by atoms with Crippen molar-refractivity contribution in [3.05, 3.63) is 12.7 Å². The molecule has 0 atom stereocenters. The van der Waals surface area contributed by atoms with Crippen LogP contribution in [0.5, 0.6) is 0 Å². The van der Waals surface area contributed by atoms with Crippen LogP contribution < -0.4 is 34.7 Å². The van der Waals surface area contributed by atoms with Crippen molar-refractivity contribution in [1.29, 1.82) is 0 Å². The topological polar surface area (TPSA) is 96.2 Å². The molecule has 0 amide bonds. The normalized spacial score (nSPS) is 11.2. The van der Waals surface area contributed by atoms with Crippen molar-refractivity contribution in [2.45, 2.75) is 38.5 Å². The van der Waals surface area contributed by atoms with Crippen LogP contribution >= 0.6 is 0 Å². The molecule has 0 aromatic carbocycles. The van der Waals surface area contributed by atoms with Gasteiger partial charge < -0.3 is 15.3 Å². The van der Waals surface area contributed by atoms with Gasteiger partial charge in [-0.2, -0.15) is 0 Å². The van der Waals surface area contributed by atoms with Gasteiger partial charge in [0.1, 0.15) is 0 Å². The molecule has 0 unspecified atom stereocenters. The second-order valence-corrected chi connectivity index (χ2v) is 4.60. The third kappa shape index (κ3) is 15.8. The zero-order valence-corrected chi connectivity index (χ0v) is 15.0. The Hall–Kier alpha value is -0.400. The van der Waals surface area contributed by atoms with Crippen molar-refractivity contribution in [3.63, 3.8) is 0 Å². The number of allylic oxidation sites excluding steroid dienone is 1. The molecule has 0 rings (SSSR count). The molecule has 0 radical (unpaired) electrons. The number of aliphatic hydroxyl groups excluding tert-OH is 1. The van der Waals surface area contributed by atoms with Gasteiger partial charge in [-0.05, 0) is 38.0 Å². The number of carbonyl (C=O) groups is 1. The van der Waals surface area contributed by atoms with Crippen LogP contribution in [0.3, 0.4) is 0 Å². The van der Waals surface area contributed by atoms with Crippen LogP contribution in [-0.4, -0.2) is 53.3 Å². The van der Waals surface area contributed by atoms with Gasteiger partial charge in [-0.1, -0.05) is 12.5 Å². The van der Waals surface area contributed by atoms with E-state index in [0.717, 1.165) is 25.7 Å². The molecule has 0 aliphatic heterocycles. The van der Waals surface area contributed by atoms with Gasteiger partial charge in [-0.15, -0.1) is 6.58 Å². The molecule has 7 heteroatoms. The summed E-state index contributed by atoms with van der Waals surface area (Å²) in [6.45, 7) is 3.95. The van der Waals surface area contributed by atoms with Crippen LogP contribution in [0.15, 0.2) is 17.6 Å². The van der Waals surface area contributed by atoms with Crippen molar-refractivity contribution in [2.75, 3.05) is 26.4 Å². The molecule has 0 aromatic heterocycles. The summed E-state index contributed by atoms with van der Waals surface area (Å²) in [7, 11) is 0. The van der Waals surface area contributed by atoms with E-state index in [1.807, 2.05) is 6.08 Å². The molecule has 6 nitrogen and oxygen atoms in total. The molecule has 2 N–H and O–H groups in total. The third-order valence-electron chi connectivity index (χ3n) is 2.74. The Morgan fingerprint density at radius 3 is 2.57 bits per heavy atom. The first-order valence-electron chi connectivity index (χ1n) is 6.96. The van der Waals surface area contributed by atoms with Crippen molar-refractivity contribution < 1.29 is 49.7 Å². The largest absolute Gasteiger partial charge is 1.00 e. The quantitative estimate of drug-likeness (QED) is 0.130. The maximum Gasteiger partial charge on any atom is 1.00 e. The molecule has 116 valence electrons. The van der Waals surface area contributed by atoms with E-state index in [0.29, 0.717) is 19.4 Å². The molecule has 0 saturated carbocycles. The van der Waals surface area contributed by atoms with E-state index < -0.39 is 5.97 Å². The molecule has 0 aliphatic rings. The van der Waals surface area contributed by atoms with E-state index in [4.69, 9.17) is 10.2 Å². The number of aliphatic imine (C=N–C) groups is 1. The summed E-state index contributed by atoms with van der Waals surface area (Å²) in [6.07, 6.45) is 6.48. The number of hydrogen-bond acceptors (Lipinski definition) is 5. The Bertz CT molecular complexity index is 311. The maximum atomic E-state index is 11.5. The van der Waals surface area contributed by atoms with Crippen molar-refractivity contribution in [2.24, 2.45) is 4.99 Å². The Kier molecular flexibility index (Phi) is 17.4. The molecule has 0 saturated heterocycles. The summed E-state index contributed by atoms with van der Waals surface area (Å²) >= 11 is 0. The molecule has 0 heterocycles. The number of unbranched alkanes of at least 4 members (excludes halogenated alkanes) is 3. The Morgan fingerprint density at radius 1 is 1.29 bits per heavy atom. The van der Waals surface area contributed by atoms with Crippen LogP contribution in [0.1, 0.15) is 38.5 Å². The second-order valence-electron chi connectivity index (χ2n) is 4.60. The van der Waals surface area contributed by atoms with Gasteiger partial charge in [0, 0.05) is 13.2 Å². The van der Waals surface area contributed by atoms with E-state index in [1.165, 1.54) is 4.90 Å². The molecule has 21 heavy (non-hydrogen) atoms. The minimum Gasteiger partial charge on any atom is -0.862 e. The molecule has 0 fully saturated rings. The van der Waals surface area contributed by atoms with Gasteiger partial charge in [0.25, 0.3) is 0 Å². The van der Waals surface area contributed by atoms with Crippen molar-refractivity contribution >= 4 is 11.9 Å². The average molecular weight is 308 g/mol. The van der Waals surface area contributed by atoms with Gasteiger partial charge in [-0.25, -0.2) is 0 Å². The number of aliphatic hydroxyl groups is 1. The zero-order chi connectivity index (χ0) is 15.2. The standard InChI is InChI=1S/C14H26N2O4.Na/c1-2-3-4-5-6-8-13(18)15-12-16(9-7-10-17)11-14(19)20;/h2,17H,1,3-12H2,(H,15,18)(H,19,20);/q;+1/p-1. The fourth-order valence-corrected chi connectivity index (χ4v) is 1.68. The van der Waals surface area contributed by atoms with Gasteiger partial charge in [0.05, 0.1) is 13.2 Å². The smallest absolute Gasteiger partial charge is 0.862 e. The molecular formula is C14H25N2NaO4. The fraction of sp³-hybridized carbons (Fsp3) is 0.714. The number of nitrogens with zero attached hydrogens (tertiary/aromatic N) is 2. The minimum absolute atomic E-state index is 0. The SMILES string of the molecule is C=CCCCCCC([O-])=NCN(CCCO)CC(=O)O.[Na+]. The number of carboxylic acids is 1. The molecular weight excluding hydrogens is 283 g/mol. The van der Waals surface area contributed by atoms with Crippen LogP contribution in [0.25, 0.3) is 0 Å². The monoisotopic (exact) mass is 308 g/mol. The summed E-state index contributed by atoms with van der Waals surface area (Å²) in [5.41, 5.74) is 0. The van der Waals surface area contributed by atoms with Crippen molar-refractivity contribution in [1.82, 2.24) is 4.90 Å². The summed E-state index contributed by atoms with van der Waals surface area (Å²) in [5.74, 6) is -1.15. The van der Waals surface area contributed by atoms with Crippen molar-refractivity contribution in [3.8, 4) is 0 Å². The van der Waals surface area contributed by atoms with Crippen LogP contribution in [0.2, 0.25) is 0 Å². The van der Waals surface area contributed by atoms with Gasteiger partial charge in [0.15, 0.2) is 0 Å². The first-order valence-corrected chi connectivity index (χ1v) is 6.96. The fourth-order valence-electron chi connectivity index (χ4n) is 1.68. The first kappa shape index (κ1) is 22.9. The van der Waals surface area contributed by atoms with E-state index in [1.54, 1.807) is 0 Å². The number of carboxylic acid groups (broad SMARTS) is 1. The van der Waals surface area contributed by atoms with E-state index in [-0.39, 0.29) is 55.3 Å².